The molecule has 0 heterocycles. The molecule has 2 heteroatoms. The lowest BCUT2D eigenvalue weighted by molar-refractivity contribution is 0.738. The van der Waals surface area contributed by atoms with E-state index in [1.165, 1.54) is 5.56 Å². The topological polar surface area (TPSA) is 34.1 Å². The number of hydrogen-bond donors (Lipinski definition) is 0. The van der Waals surface area contributed by atoms with Crippen LogP contribution in [0.15, 0.2) is 46.0 Å². The fraction of sp³-hybridized carbons (Fsp3) is 0.176. The van der Waals surface area contributed by atoms with Gasteiger partial charge in [0.05, 0.1) is 0 Å². The van der Waals surface area contributed by atoms with Crippen LogP contribution in [0.25, 0.3) is 21.9 Å². The maximum atomic E-state index is 11.9. The van der Waals surface area contributed by atoms with Crippen molar-refractivity contribution in [2.45, 2.75) is 19.3 Å². The SMILES string of the molecule is CC1Cc2c(c(=O)c2=O)-c2c1ccc1ccccc21. The van der Waals surface area contributed by atoms with Crippen molar-refractivity contribution in [1.82, 2.24) is 0 Å². The molecule has 0 spiro atoms. The molecule has 19 heavy (non-hydrogen) atoms. The van der Waals surface area contributed by atoms with E-state index in [-0.39, 0.29) is 10.9 Å². The largest absolute Gasteiger partial charge is 0.285 e. The van der Waals surface area contributed by atoms with Gasteiger partial charge in [-0.05, 0) is 34.2 Å². The Balaban J connectivity index is 2.20. The average Bonchev–Trinajstić information content (AvgIpc) is 2.46. The Morgan fingerprint density at radius 1 is 0.947 bits per heavy atom. The summed E-state index contributed by atoms with van der Waals surface area (Å²) in [6.45, 7) is 2.12. The van der Waals surface area contributed by atoms with Crippen LogP contribution in [0.2, 0.25) is 0 Å². The molecule has 4 rings (SSSR count). The minimum absolute atomic E-state index is 0.277. The first kappa shape index (κ1) is 10.7. The molecule has 1 atom stereocenters. The number of fused-ring (bicyclic) bond motifs is 5. The van der Waals surface area contributed by atoms with Gasteiger partial charge in [-0.1, -0.05) is 43.3 Å². The summed E-state index contributed by atoms with van der Waals surface area (Å²) >= 11 is 0. The zero-order valence-electron chi connectivity index (χ0n) is 10.6. The Hall–Kier alpha value is -2.22. The van der Waals surface area contributed by atoms with Crippen LogP contribution >= 0.6 is 0 Å². The second kappa shape index (κ2) is 3.41. The highest BCUT2D eigenvalue weighted by Gasteiger charge is 2.32. The Bertz CT molecular complexity index is 895. The molecule has 0 amide bonds. The third-order valence-corrected chi connectivity index (χ3v) is 4.26. The first-order chi connectivity index (χ1) is 9.18. The van der Waals surface area contributed by atoms with Gasteiger partial charge in [0.1, 0.15) is 0 Å². The van der Waals surface area contributed by atoms with Crippen molar-refractivity contribution in [2.75, 3.05) is 0 Å². The van der Waals surface area contributed by atoms with E-state index in [1.807, 2.05) is 24.3 Å². The van der Waals surface area contributed by atoms with Gasteiger partial charge in [-0.2, -0.15) is 0 Å². The predicted octanol–water partition coefficient (Wildman–Crippen LogP) is 2.76. The molecule has 0 fully saturated rings. The van der Waals surface area contributed by atoms with E-state index in [0.29, 0.717) is 17.9 Å². The molecule has 0 radical (unpaired) electrons. The first-order valence-corrected chi connectivity index (χ1v) is 6.52. The minimum atomic E-state index is -0.306. The van der Waals surface area contributed by atoms with Crippen LogP contribution in [0.5, 0.6) is 0 Å². The van der Waals surface area contributed by atoms with E-state index in [0.717, 1.165) is 21.9 Å². The molecule has 0 saturated heterocycles. The van der Waals surface area contributed by atoms with Crippen molar-refractivity contribution in [3.8, 4) is 11.1 Å². The number of benzene rings is 2. The molecule has 1 aliphatic rings. The Morgan fingerprint density at radius 2 is 1.74 bits per heavy atom. The molecule has 0 bridgehead atoms. The van der Waals surface area contributed by atoms with Crippen LogP contribution in [0.3, 0.4) is 0 Å². The summed E-state index contributed by atoms with van der Waals surface area (Å²) in [5.74, 6) is 0.301. The predicted molar refractivity (Wildman–Crippen MR) is 76.4 cm³/mol. The van der Waals surface area contributed by atoms with Crippen LogP contribution in [0.4, 0.5) is 0 Å². The molecule has 1 unspecified atom stereocenters. The molecule has 1 aliphatic carbocycles. The van der Waals surface area contributed by atoms with Gasteiger partial charge in [-0.3, -0.25) is 9.59 Å². The van der Waals surface area contributed by atoms with Crippen molar-refractivity contribution in [3.05, 3.63) is 68.0 Å². The molecular formula is C17H12O2. The van der Waals surface area contributed by atoms with Gasteiger partial charge in [-0.15, -0.1) is 0 Å². The van der Waals surface area contributed by atoms with E-state index < -0.39 is 0 Å². The first-order valence-electron chi connectivity index (χ1n) is 6.52. The second-order valence-corrected chi connectivity index (χ2v) is 5.37. The highest BCUT2D eigenvalue weighted by Crippen LogP contribution is 2.41. The zero-order valence-corrected chi connectivity index (χ0v) is 10.6. The molecular weight excluding hydrogens is 236 g/mol. The van der Waals surface area contributed by atoms with Crippen LogP contribution < -0.4 is 10.9 Å². The average molecular weight is 248 g/mol. The van der Waals surface area contributed by atoms with Crippen LogP contribution in [-0.4, -0.2) is 0 Å². The van der Waals surface area contributed by atoms with Crippen molar-refractivity contribution in [3.63, 3.8) is 0 Å². The van der Waals surface area contributed by atoms with Crippen molar-refractivity contribution in [2.24, 2.45) is 0 Å². The zero-order chi connectivity index (χ0) is 13.1. The number of rotatable bonds is 0. The highest BCUT2D eigenvalue weighted by molar-refractivity contribution is 6.00. The van der Waals surface area contributed by atoms with Gasteiger partial charge in [0.15, 0.2) is 0 Å². The monoisotopic (exact) mass is 248 g/mol. The maximum Gasteiger partial charge on any atom is 0.234 e. The van der Waals surface area contributed by atoms with Gasteiger partial charge in [0, 0.05) is 11.1 Å². The smallest absolute Gasteiger partial charge is 0.234 e. The van der Waals surface area contributed by atoms with Gasteiger partial charge >= 0.3 is 0 Å². The van der Waals surface area contributed by atoms with Crippen LogP contribution in [0, 0.1) is 0 Å². The van der Waals surface area contributed by atoms with E-state index in [9.17, 15) is 9.59 Å². The van der Waals surface area contributed by atoms with E-state index in [1.54, 1.807) is 0 Å². The van der Waals surface area contributed by atoms with E-state index in [2.05, 4.69) is 19.1 Å². The second-order valence-electron chi connectivity index (χ2n) is 5.37. The van der Waals surface area contributed by atoms with Crippen LogP contribution in [-0.2, 0) is 6.42 Å². The molecule has 0 aliphatic heterocycles. The molecule has 0 N–H and O–H groups in total. The summed E-state index contributed by atoms with van der Waals surface area (Å²) in [4.78, 5) is 23.6. The normalized spacial score (nSPS) is 17.4. The summed E-state index contributed by atoms with van der Waals surface area (Å²) in [5, 5.41) is 2.20. The Kier molecular flexibility index (Phi) is 1.92. The van der Waals surface area contributed by atoms with E-state index in [4.69, 9.17) is 0 Å². The fourth-order valence-electron chi connectivity index (χ4n) is 3.29. The molecule has 2 nitrogen and oxygen atoms in total. The quantitative estimate of drug-likeness (QED) is 0.573. The van der Waals surface area contributed by atoms with Crippen molar-refractivity contribution < 1.29 is 0 Å². The maximum absolute atomic E-state index is 11.9. The Labute approximate surface area is 110 Å². The van der Waals surface area contributed by atoms with Gasteiger partial charge in [-0.25, -0.2) is 0 Å². The molecule has 3 aromatic carbocycles. The summed E-state index contributed by atoms with van der Waals surface area (Å²) in [5.41, 5.74) is 3.02. The summed E-state index contributed by atoms with van der Waals surface area (Å²) in [7, 11) is 0. The summed E-state index contributed by atoms with van der Waals surface area (Å²) < 4.78 is 0. The van der Waals surface area contributed by atoms with Crippen molar-refractivity contribution >= 4 is 10.8 Å². The summed E-state index contributed by atoms with van der Waals surface area (Å²) in [6.07, 6.45) is 0.700. The van der Waals surface area contributed by atoms with Gasteiger partial charge in [0.2, 0.25) is 10.9 Å². The fourth-order valence-corrected chi connectivity index (χ4v) is 3.29. The number of hydrogen-bond acceptors (Lipinski definition) is 2. The summed E-state index contributed by atoms with van der Waals surface area (Å²) in [6, 6.07) is 12.2. The van der Waals surface area contributed by atoms with Gasteiger partial charge in [0.25, 0.3) is 0 Å². The van der Waals surface area contributed by atoms with Gasteiger partial charge < -0.3 is 0 Å². The minimum Gasteiger partial charge on any atom is -0.285 e. The molecule has 92 valence electrons. The van der Waals surface area contributed by atoms with Crippen molar-refractivity contribution in [1.29, 1.82) is 0 Å². The molecule has 3 aromatic rings. The lowest BCUT2D eigenvalue weighted by atomic mass is 9.75. The third-order valence-electron chi connectivity index (χ3n) is 4.26. The van der Waals surface area contributed by atoms with Crippen LogP contribution in [0.1, 0.15) is 24.0 Å². The lowest BCUT2D eigenvalue weighted by Gasteiger charge is -2.27. The molecule has 0 aromatic heterocycles. The standard InChI is InChI=1S/C17H12O2/c1-9-8-13-15(17(19)16(13)18)14-11(9)7-6-10-4-2-3-5-12(10)14/h2-7,9H,8H2,1H3. The lowest BCUT2D eigenvalue weighted by Crippen LogP contribution is -2.40. The van der Waals surface area contributed by atoms with E-state index >= 15 is 0 Å². The Morgan fingerprint density at radius 3 is 2.58 bits per heavy atom. The highest BCUT2D eigenvalue weighted by atomic mass is 16.2. The third kappa shape index (κ3) is 1.21. The molecule has 0 saturated carbocycles.